The Kier molecular flexibility index (Phi) is 4.18. The first kappa shape index (κ1) is 13.3. The van der Waals surface area contributed by atoms with Crippen LogP contribution < -0.4 is 5.73 Å². The maximum Gasteiger partial charge on any atom is 0.397 e. The number of nitrogens with zero attached hydrogens (tertiary/aromatic N) is 1. The van der Waals surface area contributed by atoms with Crippen molar-refractivity contribution in [2.24, 2.45) is 11.7 Å². The van der Waals surface area contributed by atoms with E-state index in [0.717, 1.165) is 12.8 Å². The molecule has 1 rings (SSSR count). The van der Waals surface area contributed by atoms with Gasteiger partial charge in [0.15, 0.2) is 0 Å². The van der Waals surface area contributed by atoms with Gasteiger partial charge >= 0.3 is 6.18 Å². The summed E-state index contributed by atoms with van der Waals surface area (Å²) in [6, 6.07) is -0.0820. The fourth-order valence-electron chi connectivity index (χ4n) is 1.95. The summed E-state index contributed by atoms with van der Waals surface area (Å²) in [6.07, 6.45) is -4.17. The molecular weight excluding hydrogens is 221 g/mol. The van der Waals surface area contributed by atoms with Crippen molar-refractivity contribution >= 4 is 5.91 Å². The van der Waals surface area contributed by atoms with Crippen LogP contribution >= 0.6 is 0 Å². The molecule has 0 spiro atoms. The predicted molar refractivity (Wildman–Crippen MR) is 53.6 cm³/mol. The van der Waals surface area contributed by atoms with Gasteiger partial charge in [0.05, 0.1) is 0 Å². The highest BCUT2D eigenvalue weighted by Crippen LogP contribution is 2.24. The van der Waals surface area contributed by atoms with E-state index in [4.69, 9.17) is 5.73 Å². The second-order valence-corrected chi connectivity index (χ2v) is 4.39. The average molecular weight is 238 g/mol. The van der Waals surface area contributed by atoms with Crippen molar-refractivity contribution in [3.63, 3.8) is 0 Å². The average Bonchev–Trinajstić information content (AvgIpc) is 2.15. The molecule has 0 unspecified atom stereocenters. The lowest BCUT2D eigenvalue weighted by atomic mass is 9.92. The summed E-state index contributed by atoms with van der Waals surface area (Å²) in [7, 11) is 0. The number of piperidine rings is 1. The summed E-state index contributed by atoms with van der Waals surface area (Å²) < 4.78 is 36.1. The van der Waals surface area contributed by atoms with E-state index in [1.807, 2.05) is 6.92 Å². The number of halogens is 3. The van der Waals surface area contributed by atoms with Crippen molar-refractivity contribution in [2.75, 3.05) is 13.1 Å². The van der Waals surface area contributed by atoms with Gasteiger partial charge in [-0.2, -0.15) is 13.2 Å². The van der Waals surface area contributed by atoms with Crippen LogP contribution in [0, 0.1) is 5.92 Å². The van der Waals surface area contributed by atoms with Crippen LogP contribution in [0.5, 0.6) is 0 Å². The van der Waals surface area contributed by atoms with Crippen LogP contribution in [-0.4, -0.2) is 36.1 Å². The number of carbonyl (C=O) groups is 1. The second kappa shape index (κ2) is 5.03. The molecule has 6 heteroatoms. The van der Waals surface area contributed by atoms with E-state index in [1.165, 1.54) is 4.90 Å². The number of amides is 1. The number of hydrogen-bond donors (Lipinski definition) is 1. The highest BCUT2D eigenvalue weighted by Gasteiger charge is 2.35. The summed E-state index contributed by atoms with van der Waals surface area (Å²) in [5, 5.41) is 0. The monoisotopic (exact) mass is 238 g/mol. The van der Waals surface area contributed by atoms with Gasteiger partial charge in [0.2, 0.25) is 5.91 Å². The van der Waals surface area contributed by atoms with Crippen molar-refractivity contribution in [2.45, 2.75) is 38.4 Å². The lowest BCUT2D eigenvalue weighted by Crippen LogP contribution is -2.46. The van der Waals surface area contributed by atoms with Gasteiger partial charge in [0.1, 0.15) is 6.42 Å². The standard InChI is InChI=1S/C10H17F3N2O/c1-7(14)8-3-2-4-15(6-8)9(16)5-10(11,12)13/h7-8H,2-6,14H2,1H3/t7-,8+/m1/s1. The molecule has 0 aromatic rings. The van der Waals surface area contributed by atoms with E-state index in [0.29, 0.717) is 13.1 Å². The van der Waals surface area contributed by atoms with Gasteiger partial charge in [-0.1, -0.05) is 0 Å². The Morgan fingerprint density at radius 1 is 1.56 bits per heavy atom. The largest absolute Gasteiger partial charge is 0.397 e. The fourth-order valence-corrected chi connectivity index (χ4v) is 1.95. The van der Waals surface area contributed by atoms with Crippen LogP contribution in [0.2, 0.25) is 0 Å². The molecule has 1 saturated heterocycles. The van der Waals surface area contributed by atoms with E-state index < -0.39 is 18.5 Å². The number of rotatable bonds is 2. The van der Waals surface area contributed by atoms with Crippen molar-refractivity contribution in [1.82, 2.24) is 4.90 Å². The minimum atomic E-state index is -4.42. The molecule has 0 aromatic heterocycles. The molecule has 1 fully saturated rings. The Morgan fingerprint density at radius 3 is 2.69 bits per heavy atom. The van der Waals surface area contributed by atoms with E-state index in [9.17, 15) is 18.0 Å². The molecular formula is C10H17F3N2O. The third kappa shape index (κ3) is 4.00. The van der Waals surface area contributed by atoms with Crippen LogP contribution in [0.25, 0.3) is 0 Å². The van der Waals surface area contributed by atoms with E-state index in [2.05, 4.69) is 0 Å². The van der Waals surface area contributed by atoms with Gasteiger partial charge in [0, 0.05) is 19.1 Å². The lowest BCUT2D eigenvalue weighted by molar-refractivity contribution is -0.162. The number of nitrogens with two attached hydrogens (primary N) is 1. The molecule has 1 aliphatic heterocycles. The van der Waals surface area contributed by atoms with Crippen molar-refractivity contribution in [3.8, 4) is 0 Å². The third-order valence-electron chi connectivity index (χ3n) is 2.91. The highest BCUT2D eigenvalue weighted by atomic mass is 19.4. The van der Waals surface area contributed by atoms with E-state index in [-0.39, 0.29) is 12.0 Å². The summed E-state index contributed by atoms with van der Waals surface area (Å²) in [5.41, 5.74) is 5.70. The Morgan fingerprint density at radius 2 is 2.19 bits per heavy atom. The Bertz CT molecular complexity index is 253. The first-order valence-electron chi connectivity index (χ1n) is 5.39. The fraction of sp³-hybridized carbons (Fsp3) is 0.900. The Hall–Kier alpha value is -0.780. The van der Waals surface area contributed by atoms with Crippen LogP contribution in [0.1, 0.15) is 26.2 Å². The predicted octanol–water partition coefficient (Wildman–Crippen LogP) is 1.52. The van der Waals surface area contributed by atoms with E-state index in [1.54, 1.807) is 0 Å². The molecule has 16 heavy (non-hydrogen) atoms. The zero-order valence-corrected chi connectivity index (χ0v) is 9.26. The number of carbonyl (C=O) groups excluding carboxylic acids is 1. The second-order valence-electron chi connectivity index (χ2n) is 4.39. The smallest absolute Gasteiger partial charge is 0.342 e. The van der Waals surface area contributed by atoms with E-state index >= 15 is 0 Å². The molecule has 2 N–H and O–H groups in total. The number of likely N-dealkylation sites (tertiary alicyclic amines) is 1. The van der Waals surface area contributed by atoms with Gasteiger partial charge in [-0.05, 0) is 25.7 Å². The third-order valence-corrected chi connectivity index (χ3v) is 2.91. The van der Waals surface area contributed by atoms with Gasteiger partial charge in [0.25, 0.3) is 0 Å². The van der Waals surface area contributed by atoms with Crippen LogP contribution in [0.15, 0.2) is 0 Å². The lowest BCUT2D eigenvalue weighted by Gasteiger charge is -2.34. The first-order chi connectivity index (χ1) is 7.29. The highest BCUT2D eigenvalue weighted by molar-refractivity contribution is 5.76. The minimum absolute atomic E-state index is 0.0820. The summed E-state index contributed by atoms with van der Waals surface area (Å²) in [5.74, 6) is -0.719. The zero-order valence-electron chi connectivity index (χ0n) is 9.26. The molecule has 2 atom stereocenters. The topological polar surface area (TPSA) is 46.3 Å². The normalized spacial score (nSPS) is 24.3. The molecule has 3 nitrogen and oxygen atoms in total. The molecule has 0 aliphatic carbocycles. The van der Waals surface area contributed by atoms with Crippen LogP contribution in [0.3, 0.4) is 0 Å². The summed E-state index contributed by atoms with van der Waals surface area (Å²) in [6.45, 7) is 2.59. The summed E-state index contributed by atoms with van der Waals surface area (Å²) >= 11 is 0. The summed E-state index contributed by atoms with van der Waals surface area (Å²) in [4.78, 5) is 12.6. The van der Waals surface area contributed by atoms with Gasteiger partial charge in [-0.3, -0.25) is 4.79 Å². The van der Waals surface area contributed by atoms with Crippen molar-refractivity contribution in [1.29, 1.82) is 0 Å². The molecule has 0 bridgehead atoms. The molecule has 94 valence electrons. The first-order valence-corrected chi connectivity index (χ1v) is 5.39. The maximum atomic E-state index is 12.0. The van der Waals surface area contributed by atoms with Crippen molar-refractivity contribution in [3.05, 3.63) is 0 Å². The molecule has 0 radical (unpaired) electrons. The Labute approximate surface area is 92.8 Å². The number of hydrogen-bond acceptors (Lipinski definition) is 2. The van der Waals surface area contributed by atoms with Crippen LogP contribution in [0.4, 0.5) is 13.2 Å². The van der Waals surface area contributed by atoms with Gasteiger partial charge in [-0.15, -0.1) is 0 Å². The molecule has 0 aromatic carbocycles. The zero-order chi connectivity index (χ0) is 12.3. The molecule has 1 heterocycles. The number of alkyl halides is 3. The van der Waals surface area contributed by atoms with Crippen LogP contribution in [-0.2, 0) is 4.79 Å². The maximum absolute atomic E-state index is 12.0. The van der Waals surface area contributed by atoms with Gasteiger partial charge < -0.3 is 10.6 Å². The quantitative estimate of drug-likeness (QED) is 0.793. The molecule has 1 aliphatic rings. The SMILES string of the molecule is C[C@@H](N)[C@H]1CCCN(C(=O)CC(F)(F)F)C1. The minimum Gasteiger partial charge on any atom is -0.342 e. The Balaban J connectivity index is 2.50. The van der Waals surface area contributed by atoms with Gasteiger partial charge in [-0.25, -0.2) is 0 Å². The van der Waals surface area contributed by atoms with Crippen molar-refractivity contribution < 1.29 is 18.0 Å². The molecule has 0 saturated carbocycles. The molecule has 1 amide bonds.